The number of ether oxygens (including phenoxy) is 1. The number of nitrogens with zero attached hydrogens (tertiary/aromatic N) is 2. The summed E-state index contributed by atoms with van der Waals surface area (Å²) in [6.45, 7) is 0. The van der Waals surface area contributed by atoms with Crippen LogP contribution in [0.3, 0.4) is 0 Å². The smallest absolute Gasteiger partial charge is 0.406 e. The normalized spacial score (nSPS) is 22.6. The van der Waals surface area contributed by atoms with Crippen molar-refractivity contribution in [1.29, 1.82) is 0 Å². The standard InChI is InChI=1S/C26H21Cl2F3N2O3/c27-18-7-11-20(12-8-18)32-23(16-3-1-4-16)25(35,17-5-2-6-22(15-17)36-26(29,30)31)33(24(32)34)21-13-9-19(28)10-14-21/h2,5-16,23,35H,1,3-4H2/t23-,25?/m1/s1. The predicted octanol–water partition coefficient (Wildman–Crippen LogP) is 7.35. The van der Waals surface area contributed by atoms with E-state index >= 15 is 0 Å². The SMILES string of the molecule is O=C1N(c2ccc(Cl)cc2)[C@H](C2CCC2)C(O)(c2cccc(OC(F)(F)F)c2)N1c1ccc(Cl)cc1. The molecule has 0 spiro atoms. The maximum Gasteiger partial charge on any atom is 0.573 e. The average molecular weight is 537 g/mol. The second-order valence-corrected chi connectivity index (χ2v) is 9.75. The molecule has 1 unspecified atom stereocenters. The highest BCUT2D eigenvalue weighted by molar-refractivity contribution is 6.31. The minimum absolute atomic E-state index is 0.0980. The molecule has 3 aromatic carbocycles. The number of anilines is 2. The lowest BCUT2D eigenvalue weighted by atomic mass is 9.73. The topological polar surface area (TPSA) is 53.0 Å². The van der Waals surface area contributed by atoms with Crippen LogP contribution in [0.1, 0.15) is 24.8 Å². The van der Waals surface area contributed by atoms with E-state index in [9.17, 15) is 23.1 Å². The fourth-order valence-electron chi connectivity index (χ4n) is 4.97. The van der Waals surface area contributed by atoms with Crippen LogP contribution >= 0.6 is 23.2 Å². The summed E-state index contributed by atoms with van der Waals surface area (Å²) in [5.41, 5.74) is -1.06. The highest BCUT2D eigenvalue weighted by atomic mass is 35.5. The molecule has 2 atom stereocenters. The predicted molar refractivity (Wildman–Crippen MR) is 131 cm³/mol. The molecule has 2 fully saturated rings. The molecule has 1 saturated heterocycles. The van der Waals surface area contributed by atoms with Gasteiger partial charge in [0.05, 0.1) is 6.04 Å². The van der Waals surface area contributed by atoms with E-state index in [1.54, 1.807) is 48.5 Å². The molecule has 1 aliphatic heterocycles. The molecule has 0 radical (unpaired) electrons. The molecule has 5 rings (SSSR count). The van der Waals surface area contributed by atoms with Gasteiger partial charge in [-0.05, 0) is 79.4 Å². The number of carbonyl (C=O) groups is 1. The lowest BCUT2D eigenvalue weighted by Crippen LogP contribution is -2.54. The highest BCUT2D eigenvalue weighted by Crippen LogP contribution is 2.51. The number of alkyl halides is 3. The zero-order chi connectivity index (χ0) is 25.7. The van der Waals surface area contributed by atoms with E-state index in [0.29, 0.717) is 21.4 Å². The Morgan fingerprint density at radius 3 is 2.03 bits per heavy atom. The van der Waals surface area contributed by atoms with Gasteiger partial charge in [0.15, 0.2) is 5.72 Å². The van der Waals surface area contributed by atoms with E-state index in [1.165, 1.54) is 21.9 Å². The average Bonchev–Trinajstić information content (AvgIpc) is 3.01. The van der Waals surface area contributed by atoms with Crippen molar-refractivity contribution in [2.24, 2.45) is 5.92 Å². The van der Waals surface area contributed by atoms with Crippen LogP contribution in [-0.2, 0) is 5.72 Å². The van der Waals surface area contributed by atoms with Gasteiger partial charge in [-0.2, -0.15) is 0 Å². The fraction of sp³-hybridized carbons (Fsp3) is 0.269. The summed E-state index contributed by atoms with van der Waals surface area (Å²) in [6, 6.07) is 16.8. The molecule has 5 nitrogen and oxygen atoms in total. The number of hydrogen-bond acceptors (Lipinski definition) is 3. The second-order valence-electron chi connectivity index (χ2n) is 8.88. The van der Waals surface area contributed by atoms with Gasteiger partial charge in [-0.25, -0.2) is 4.79 Å². The van der Waals surface area contributed by atoms with Gasteiger partial charge in [-0.15, -0.1) is 13.2 Å². The molecule has 3 aromatic rings. The lowest BCUT2D eigenvalue weighted by Gasteiger charge is -2.44. The summed E-state index contributed by atoms with van der Waals surface area (Å²) < 4.78 is 43.1. The summed E-state index contributed by atoms with van der Waals surface area (Å²) in [5, 5.41) is 13.4. The molecular formula is C26H21Cl2F3N2O3. The van der Waals surface area contributed by atoms with Crippen molar-refractivity contribution >= 4 is 40.6 Å². The summed E-state index contributed by atoms with van der Waals surface area (Å²) in [4.78, 5) is 16.8. The molecule has 36 heavy (non-hydrogen) atoms. The first-order valence-electron chi connectivity index (χ1n) is 11.3. The Hall–Kier alpha value is -2.94. The minimum atomic E-state index is -4.91. The monoisotopic (exact) mass is 536 g/mol. The fourth-order valence-corrected chi connectivity index (χ4v) is 5.22. The van der Waals surface area contributed by atoms with E-state index in [1.807, 2.05) is 0 Å². The molecule has 0 bridgehead atoms. The van der Waals surface area contributed by atoms with Gasteiger partial charge in [0.1, 0.15) is 5.75 Å². The van der Waals surface area contributed by atoms with Crippen molar-refractivity contribution in [2.45, 2.75) is 37.4 Å². The summed E-state index contributed by atoms with van der Waals surface area (Å²) in [7, 11) is 0. The Morgan fingerprint density at radius 1 is 0.917 bits per heavy atom. The molecule has 2 amide bonds. The number of urea groups is 1. The third-order valence-corrected chi connectivity index (χ3v) is 7.21. The third kappa shape index (κ3) is 4.38. The van der Waals surface area contributed by atoms with Crippen molar-refractivity contribution in [3.8, 4) is 5.75 Å². The first-order valence-corrected chi connectivity index (χ1v) is 12.1. The largest absolute Gasteiger partial charge is 0.573 e. The van der Waals surface area contributed by atoms with E-state index in [0.717, 1.165) is 31.4 Å². The van der Waals surface area contributed by atoms with Crippen LogP contribution in [0.4, 0.5) is 29.3 Å². The van der Waals surface area contributed by atoms with Crippen LogP contribution in [-0.4, -0.2) is 23.5 Å². The number of aliphatic hydroxyl groups is 1. The van der Waals surface area contributed by atoms with Gasteiger partial charge >= 0.3 is 12.4 Å². The maximum absolute atomic E-state index is 14.0. The number of hydrogen-bond donors (Lipinski definition) is 1. The van der Waals surface area contributed by atoms with Gasteiger partial charge in [0.25, 0.3) is 0 Å². The third-order valence-electron chi connectivity index (χ3n) is 6.71. The molecule has 188 valence electrons. The number of rotatable bonds is 5. The molecular weight excluding hydrogens is 516 g/mol. The van der Waals surface area contributed by atoms with Crippen molar-refractivity contribution in [2.75, 3.05) is 9.80 Å². The molecule has 1 heterocycles. The van der Waals surface area contributed by atoms with Gasteiger partial charge in [0, 0.05) is 27.0 Å². The van der Waals surface area contributed by atoms with Gasteiger partial charge < -0.3 is 9.84 Å². The van der Waals surface area contributed by atoms with Crippen LogP contribution in [0.2, 0.25) is 10.0 Å². The summed E-state index contributed by atoms with van der Waals surface area (Å²) in [6.07, 6.45) is -2.50. The summed E-state index contributed by atoms with van der Waals surface area (Å²) >= 11 is 12.1. The molecule has 10 heteroatoms. The molecule has 2 aliphatic rings. The highest BCUT2D eigenvalue weighted by Gasteiger charge is 2.61. The van der Waals surface area contributed by atoms with Crippen LogP contribution < -0.4 is 14.5 Å². The number of amides is 2. The molecule has 1 aliphatic carbocycles. The van der Waals surface area contributed by atoms with Crippen molar-refractivity contribution < 1.29 is 27.8 Å². The first kappa shape index (κ1) is 24.7. The Balaban J connectivity index is 1.71. The van der Waals surface area contributed by atoms with Crippen LogP contribution in [0.25, 0.3) is 0 Å². The quantitative estimate of drug-likeness (QED) is 0.370. The number of benzene rings is 3. The Morgan fingerprint density at radius 2 is 1.50 bits per heavy atom. The Kier molecular flexibility index (Phi) is 6.31. The molecule has 0 aromatic heterocycles. The van der Waals surface area contributed by atoms with Crippen molar-refractivity contribution in [1.82, 2.24) is 0 Å². The zero-order valence-electron chi connectivity index (χ0n) is 18.8. The minimum Gasteiger partial charge on any atom is -0.406 e. The van der Waals surface area contributed by atoms with Gasteiger partial charge in [-0.3, -0.25) is 9.80 Å². The van der Waals surface area contributed by atoms with Crippen LogP contribution in [0.5, 0.6) is 5.75 Å². The maximum atomic E-state index is 14.0. The first-order chi connectivity index (χ1) is 17.1. The Labute approximate surface area is 215 Å². The Bertz CT molecular complexity index is 1270. The van der Waals surface area contributed by atoms with Gasteiger partial charge in [0.2, 0.25) is 0 Å². The number of carbonyl (C=O) groups excluding carboxylic acids is 1. The zero-order valence-corrected chi connectivity index (χ0v) is 20.3. The van der Waals surface area contributed by atoms with E-state index in [4.69, 9.17) is 23.2 Å². The molecule has 1 N–H and O–H groups in total. The van der Waals surface area contributed by atoms with E-state index in [-0.39, 0.29) is 11.5 Å². The van der Waals surface area contributed by atoms with Crippen LogP contribution in [0.15, 0.2) is 72.8 Å². The van der Waals surface area contributed by atoms with Gasteiger partial charge in [-0.1, -0.05) is 41.8 Å². The van der Waals surface area contributed by atoms with Crippen molar-refractivity contribution in [3.05, 3.63) is 88.4 Å². The second kappa shape index (κ2) is 9.18. The van der Waals surface area contributed by atoms with Crippen LogP contribution in [0, 0.1) is 5.92 Å². The van der Waals surface area contributed by atoms with E-state index < -0.39 is 29.9 Å². The summed E-state index contributed by atoms with van der Waals surface area (Å²) in [5.74, 6) is -0.589. The lowest BCUT2D eigenvalue weighted by molar-refractivity contribution is -0.274. The molecule has 1 saturated carbocycles. The van der Waals surface area contributed by atoms with E-state index in [2.05, 4.69) is 4.74 Å². The number of halogens is 5. The van der Waals surface area contributed by atoms with Crippen molar-refractivity contribution in [3.63, 3.8) is 0 Å².